The summed E-state index contributed by atoms with van der Waals surface area (Å²) in [5.41, 5.74) is 1.13. The fourth-order valence-electron chi connectivity index (χ4n) is 4.01. The van der Waals surface area contributed by atoms with Gasteiger partial charge < -0.3 is 19.6 Å². The Hall–Kier alpha value is -1.74. The van der Waals surface area contributed by atoms with E-state index >= 15 is 0 Å². The van der Waals surface area contributed by atoms with Gasteiger partial charge in [-0.15, -0.1) is 0 Å². The molecule has 2 saturated heterocycles. The SMILES string of the molecule is CCN1CCN(C(=O)CSc2nc(Cl)cc(N3CCN(c4cccc(Cl)c4)CC3)n2)CC1. The predicted octanol–water partition coefficient (Wildman–Crippen LogP) is 3.37. The zero-order valence-electron chi connectivity index (χ0n) is 18.2. The number of rotatable bonds is 6. The predicted molar refractivity (Wildman–Crippen MR) is 132 cm³/mol. The van der Waals surface area contributed by atoms with Crippen LogP contribution in [0.4, 0.5) is 11.5 Å². The van der Waals surface area contributed by atoms with Gasteiger partial charge in [0, 0.05) is 69.1 Å². The van der Waals surface area contributed by atoms with Gasteiger partial charge >= 0.3 is 0 Å². The highest BCUT2D eigenvalue weighted by molar-refractivity contribution is 7.99. The quantitative estimate of drug-likeness (QED) is 0.346. The van der Waals surface area contributed by atoms with Gasteiger partial charge in [-0.25, -0.2) is 9.97 Å². The van der Waals surface area contributed by atoms with Crippen LogP contribution in [0, 0.1) is 0 Å². The Balaban J connectivity index is 1.32. The molecule has 0 bridgehead atoms. The number of carbonyl (C=O) groups excluding carboxylic acids is 1. The molecule has 2 aliphatic rings. The van der Waals surface area contributed by atoms with Crippen molar-refractivity contribution in [2.75, 3.05) is 74.5 Å². The minimum absolute atomic E-state index is 0.131. The molecule has 7 nitrogen and oxygen atoms in total. The Morgan fingerprint density at radius 1 is 0.969 bits per heavy atom. The summed E-state index contributed by atoms with van der Waals surface area (Å²) in [5, 5.41) is 1.69. The Bertz CT molecular complexity index is 932. The lowest BCUT2D eigenvalue weighted by Gasteiger charge is -2.36. The molecule has 0 spiro atoms. The van der Waals surface area contributed by atoms with Crippen molar-refractivity contribution < 1.29 is 4.79 Å². The van der Waals surface area contributed by atoms with E-state index in [0.29, 0.717) is 16.1 Å². The molecule has 0 aliphatic carbocycles. The smallest absolute Gasteiger partial charge is 0.233 e. The highest BCUT2D eigenvalue weighted by Crippen LogP contribution is 2.25. The normalized spacial score (nSPS) is 17.7. The highest BCUT2D eigenvalue weighted by Gasteiger charge is 2.22. The van der Waals surface area contributed by atoms with E-state index in [1.54, 1.807) is 6.07 Å². The van der Waals surface area contributed by atoms with Crippen LogP contribution in [0.5, 0.6) is 0 Å². The van der Waals surface area contributed by atoms with Gasteiger partial charge in [0.15, 0.2) is 5.16 Å². The first-order chi connectivity index (χ1) is 15.5. The number of anilines is 2. The van der Waals surface area contributed by atoms with E-state index in [2.05, 4.69) is 37.7 Å². The molecule has 172 valence electrons. The number of thioether (sulfide) groups is 1. The van der Waals surface area contributed by atoms with Gasteiger partial charge in [-0.05, 0) is 24.7 Å². The summed E-state index contributed by atoms with van der Waals surface area (Å²) in [4.78, 5) is 30.4. The summed E-state index contributed by atoms with van der Waals surface area (Å²) in [6.45, 7) is 10.0. The van der Waals surface area contributed by atoms with Crippen LogP contribution in [-0.2, 0) is 4.79 Å². The molecule has 0 saturated carbocycles. The maximum atomic E-state index is 12.6. The summed E-state index contributed by atoms with van der Waals surface area (Å²) < 4.78 is 0. The van der Waals surface area contributed by atoms with E-state index in [1.807, 2.05) is 23.1 Å². The molecule has 1 amide bonds. The summed E-state index contributed by atoms with van der Waals surface area (Å²) in [6, 6.07) is 9.73. The molecule has 10 heteroatoms. The number of benzene rings is 1. The number of amides is 1. The molecule has 0 N–H and O–H groups in total. The number of halogens is 2. The van der Waals surface area contributed by atoms with Crippen LogP contribution in [0.25, 0.3) is 0 Å². The number of hydrogen-bond acceptors (Lipinski definition) is 7. The maximum Gasteiger partial charge on any atom is 0.233 e. The average molecular weight is 495 g/mol. The molecule has 3 heterocycles. The first-order valence-electron chi connectivity index (χ1n) is 10.9. The van der Waals surface area contributed by atoms with Gasteiger partial charge in [0.25, 0.3) is 0 Å². The van der Waals surface area contributed by atoms with E-state index in [-0.39, 0.29) is 5.91 Å². The molecular weight excluding hydrogens is 467 g/mol. The van der Waals surface area contributed by atoms with Gasteiger partial charge in [-0.1, -0.05) is 48.0 Å². The topological polar surface area (TPSA) is 55.8 Å². The van der Waals surface area contributed by atoms with Crippen LogP contribution in [0.1, 0.15) is 6.92 Å². The maximum absolute atomic E-state index is 12.6. The number of carbonyl (C=O) groups is 1. The van der Waals surface area contributed by atoms with Crippen LogP contribution in [0.15, 0.2) is 35.5 Å². The minimum atomic E-state index is 0.131. The lowest BCUT2D eigenvalue weighted by Crippen LogP contribution is -2.49. The average Bonchev–Trinajstić information content (AvgIpc) is 2.82. The molecule has 0 atom stereocenters. The highest BCUT2D eigenvalue weighted by atomic mass is 35.5. The molecule has 2 aromatic rings. The lowest BCUT2D eigenvalue weighted by molar-refractivity contribution is -0.130. The van der Waals surface area contributed by atoms with Crippen LogP contribution < -0.4 is 9.80 Å². The lowest BCUT2D eigenvalue weighted by atomic mass is 10.2. The standard InChI is InChI=1S/C22H28Cl2N6OS/c1-2-27-6-8-30(9-7-27)21(31)16-32-22-25-19(24)15-20(26-22)29-12-10-28(11-13-29)18-5-3-4-17(23)14-18/h3-5,14-15H,2,6-13,16H2,1H3. The first-order valence-corrected chi connectivity index (χ1v) is 12.7. The van der Waals surface area contributed by atoms with Gasteiger partial charge in [0.05, 0.1) is 5.75 Å². The first kappa shape index (κ1) is 23.4. The third kappa shape index (κ3) is 5.98. The van der Waals surface area contributed by atoms with E-state index < -0.39 is 0 Å². The number of likely N-dealkylation sites (N-methyl/N-ethyl adjacent to an activating group) is 1. The molecule has 0 unspecified atom stereocenters. The van der Waals surface area contributed by atoms with Crippen molar-refractivity contribution in [3.8, 4) is 0 Å². The minimum Gasteiger partial charge on any atom is -0.368 e. The fraction of sp³-hybridized carbons (Fsp3) is 0.500. The van der Waals surface area contributed by atoms with Gasteiger partial charge in [0.2, 0.25) is 5.91 Å². The third-order valence-electron chi connectivity index (χ3n) is 5.93. The fourth-order valence-corrected chi connectivity index (χ4v) is 5.18. The zero-order valence-corrected chi connectivity index (χ0v) is 20.5. The molecule has 1 aromatic carbocycles. The molecule has 1 aromatic heterocycles. The Labute approximate surface area is 203 Å². The van der Waals surface area contributed by atoms with Crippen molar-refractivity contribution in [2.45, 2.75) is 12.1 Å². The van der Waals surface area contributed by atoms with Gasteiger partial charge in [0.1, 0.15) is 11.0 Å². The van der Waals surface area contributed by atoms with Crippen molar-refractivity contribution in [1.29, 1.82) is 0 Å². The van der Waals surface area contributed by atoms with Crippen LogP contribution in [-0.4, -0.2) is 90.3 Å². The van der Waals surface area contributed by atoms with E-state index in [0.717, 1.165) is 75.4 Å². The van der Waals surface area contributed by atoms with Crippen LogP contribution in [0.3, 0.4) is 0 Å². The van der Waals surface area contributed by atoms with Gasteiger partial charge in [-0.3, -0.25) is 4.79 Å². The number of piperazine rings is 2. The third-order valence-corrected chi connectivity index (χ3v) is 7.20. The van der Waals surface area contributed by atoms with Crippen molar-refractivity contribution in [1.82, 2.24) is 19.8 Å². The largest absolute Gasteiger partial charge is 0.368 e. The van der Waals surface area contributed by atoms with Crippen LogP contribution >= 0.6 is 35.0 Å². The van der Waals surface area contributed by atoms with Gasteiger partial charge in [-0.2, -0.15) is 0 Å². The number of nitrogens with zero attached hydrogens (tertiary/aromatic N) is 6. The molecular formula is C22H28Cl2N6OS. The second kappa shape index (κ2) is 10.9. The monoisotopic (exact) mass is 494 g/mol. The van der Waals surface area contributed by atoms with Crippen molar-refractivity contribution in [3.05, 3.63) is 40.5 Å². The Kier molecular flexibility index (Phi) is 7.99. The summed E-state index contributed by atoms with van der Waals surface area (Å²) in [5.74, 6) is 1.27. The molecule has 2 aliphatic heterocycles. The molecule has 0 radical (unpaired) electrons. The molecule has 2 fully saturated rings. The van der Waals surface area contributed by atoms with Crippen molar-refractivity contribution in [2.24, 2.45) is 0 Å². The van der Waals surface area contributed by atoms with Crippen molar-refractivity contribution >= 4 is 52.4 Å². The van der Waals surface area contributed by atoms with Crippen molar-refractivity contribution in [3.63, 3.8) is 0 Å². The van der Waals surface area contributed by atoms with Crippen LogP contribution in [0.2, 0.25) is 10.2 Å². The zero-order chi connectivity index (χ0) is 22.5. The van der Waals surface area contributed by atoms with E-state index in [1.165, 1.54) is 11.8 Å². The summed E-state index contributed by atoms with van der Waals surface area (Å²) in [6.07, 6.45) is 0. The Morgan fingerprint density at radius 3 is 2.38 bits per heavy atom. The summed E-state index contributed by atoms with van der Waals surface area (Å²) >= 11 is 13.8. The molecule has 4 rings (SSSR count). The number of aromatic nitrogens is 2. The second-order valence-electron chi connectivity index (χ2n) is 7.89. The number of hydrogen-bond donors (Lipinski definition) is 0. The summed E-state index contributed by atoms with van der Waals surface area (Å²) in [7, 11) is 0. The Morgan fingerprint density at radius 2 is 1.69 bits per heavy atom. The van der Waals surface area contributed by atoms with E-state index in [4.69, 9.17) is 23.2 Å². The van der Waals surface area contributed by atoms with E-state index in [9.17, 15) is 4.79 Å². The second-order valence-corrected chi connectivity index (χ2v) is 9.66. The molecule has 32 heavy (non-hydrogen) atoms.